The Kier molecular flexibility index (Phi) is 13.1. The second kappa shape index (κ2) is 17.1. The van der Waals surface area contributed by atoms with Gasteiger partial charge in [-0.15, -0.1) is 0 Å². The molecule has 3 rings (SSSR count). The highest BCUT2D eigenvalue weighted by Crippen LogP contribution is 2.20. The van der Waals surface area contributed by atoms with Crippen LogP contribution < -0.4 is 14.4 Å². The molecule has 3 aromatic carbocycles. The lowest BCUT2D eigenvalue weighted by molar-refractivity contribution is 0.0734. The zero-order chi connectivity index (χ0) is 27.7. The molecule has 0 unspecified atom stereocenters. The Morgan fingerprint density at radius 1 is 0.718 bits per heavy atom. The predicted molar refractivity (Wildman–Crippen MR) is 163 cm³/mol. The van der Waals surface area contributed by atoms with Gasteiger partial charge in [0.25, 0.3) is 0 Å². The number of hydrogen-bond donors (Lipinski definition) is 0. The van der Waals surface area contributed by atoms with Gasteiger partial charge in [0.2, 0.25) is 0 Å². The van der Waals surface area contributed by atoms with Gasteiger partial charge in [0.1, 0.15) is 11.5 Å². The minimum Gasteiger partial charge on any atom is -0.494 e. The summed E-state index contributed by atoms with van der Waals surface area (Å²) in [5.41, 5.74) is 3.43. The third kappa shape index (κ3) is 11.4. The standard InChI is InChI=1S/C34H44N2O3/c1-4-5-6-7-8-9-10-11-12-13-26-38-32-24-16-29(17-25-32)34(37)39-33-22-14-28(15-23-33)27-35-30-18-20-31(21-19-30)36(2)3/h14-25,27H,4-13,26H2,1-3H3. The molecule has 39 heavy (non-hydrogen) atoms. The van der Waals surface area contributed by atoms with Crippen LogP contribution in [0, 0.1) is 0 Å². The predicted octanol–water partition coefficient (Wildman–Crippen LogP) is 9.02. The molecular formula is C34H44N2O3. The fourth-order valence-corrected chi connectivity index (χ4v) is 4.24. The van der Waals surface area contributed by atoms with E-state index in [1.165, 1.54) is 57.8 Å². The number of ether oxygens (including phenoxy) is 2. The van der Waals surface area contributed by atoms with Crippen molar-refractivity contribution in [1.29, 1.82) is 0 Å². The minimum atomic E-state index is -0.390. The number of esters is 1. The molecule has 0 aliphatic carbocycles. The van der Waals surface area contributed by atoms with E-state index in [2.05, 4.69) is 16.8 Å². The van der Waals surface area contributed by atoms with Gasteiger partial charge >= 0.3 is 5.97 Å². The van der Waals surface area contributed by atoms with Crippen LogP contribution in [0.5, 0.6) is 11.5 Å². The topological polar surface area (TPSA) is 51.1 Å². The van der Waals surface area contributed by atoms with E-state index < -0.39 is 5.97 Å². The number of benzene rings is 3. The summed E-state index contributed by atoms with van der Waals surface area (Å²) in [7, 11) is 4.02. The van der Waals surface area contributed by atoms with Crippen molar-refractivity contribution < 1.29 is 14.3 Å². The van der Waals surface area contributed by atoms with Gasteiger partial charge < -0.3 is 14.4 Å². The lowest BCUT2D eigenvalue weighted by Gasteiger charge is -2.11. The maximum absolute atomic E-state index is 12.6. The Morgan fingerprint density at radius 3 is 1.87 bits per heavy atom. The second-order valence-corrected chi connectivity index (χ2v) is 10.2. The van der Waals surface area contributed by atoms with Crippen LogP contribution in [0.3, 0.4) is 0 Å². The largest absolute Gasteiger partial charge is 0.494 e. The van der Waals surface area contributed by atoms with E-state index in [1.54, 1.807) is 30.5 Å². The molecule has 5 heteroatoms. The number of hydrogen-bond acceptors (Lipinski definition) is 5. The third-order valence-electron chi connectivity index (χ3n) is 6.68. The molecule has 0 amide bonds. The molecule has 0 aliphatic heterocycles. The Labute approximate surface area is 234 Å². The molecule has 0 aliphatic rings. The van der Waals surface area contributed by atoms with Crippen molar-refractivity contribution in [2.45, 2.75) is 71.1 Å². The first-order valence-electron chi connectivity index (χ1n) is 14.4. The zero-order valence-electron chi connectivity index (χ0n) is 23.9. The van der Waals surface area contributed by atoms with Gasteiger partial charge in [0.05, 0.1) is 17.9 Å². The average molecular weight is 529 g/mol. The molecule has 0 spiro atoms. The van der Waals surface area contributed by atoms with Crippen molar-refractivity contribution in [2.24, 2.45) is 4.99 Å². The molecule has 0 heterocycles. The number of carbonyl (C=O) groups excluding carboxylic acids is 1. The first kappa shape index (κ1) is 29.9. The van der Waals surface area contributed by atoms with Crippen molar-refractivity contribution in [2.75, 3.05) is 25.6 Å². The van der Waals surface area contributed by atoms with E-state index in [4.69, 9.17) is 9.47 Å². The maximum atomic E-state index is 12.6. The summed E-state index contributed by atoms with van der Waals surface area (Å²) in [4.78, 5) is 19.1. The number of carbonyl (C=O) groups is 1. The van der Waals surface area contributed by atoms with E-state index in [1.807, 2.05) is 62.6 Å². The summed E-state index contributed by atoms with van der Waals surface area (Å²) in [6.45, 7) is 2.97. The van der Waals surface area contributed by atoms with Crippen molar-refractivity contribution in [3.63, 3.8) is 0 Å². The van der Waals surface area contributed by atoms with Crippen LogP contribution >= 0.6 is 0 Å². The molecular weight excluding hydrogens is 484 g/mol. The molecule has 0 aromatic heterocycles. The molecule has 0 saturated heterocycles. The molecule has 0 bridgehead atoms. The van der Waals surface area contributed by atoms with Crippen LogP contribution in [0.15, 0.2) is 77.8 Å². The highest BCUT2D eigenvalue weighted by atomic mass is 16.5. The zero-order valence-corrected chi connectivity index (χ0v) is 23.9. The van der Waals surface area contributed by atoms with Gasteiger partial charge in [-0.1, -0.05) is 64.7 Å². The highest BCUT2D eigenvalue weighted by molar-refractivity contribution is 5.91. The van der Waals surface area contributed by atoms with Crippen LogP contribution in [0.25, 0.3) is 0 Å². The van der Waals surface area contributed by atoms with Gasteiger partial charge in [-0.05, 0) is 84.8 Å². The van der Waals surface area contributed by atoms with Gasteiger partial charge in [-0.2, -0.15) is 0 Å². The maximum Gasteiger partial charge on any atom is 0.343 e. The van der Waals surface area contributed by atoms with Gasteiger partial charge in [-0.25, -0.2) is 4.79 Å². The van der Waals surface area contributed by atoms with Crippen molar-refractivity contribution >= 4 is 23.6 Å². The normalized spacial score (nSPS) is 11.1. The van der Waals surface area contributed by atoms with Crippen LogP contribution in [0.4, 0.5) is 11.4 Å². The summed E-state index contributed by atoms with van der Waals surface area (Å²) in [6, 6.07) is 22.5. The average Bonchev–Trinajstić information content (AvgIpc) is 2.96. The molecule has 0 fully saturated rings. The lowest BCUT2D eigenvalue weighted by Crippen LogP contribution is -2.08. The number of rotatable bonds is 17. The number of aliphatic imine (C=N–C) groups is 1. The molecule has 0 radical (unpaired) electrons. The molecule has 0 saturated carbocycles. The highest BCUT2D eigenvalue weighted by Gasteiger charge is 2.09. The van der Waals surface area contributed by atoms with Crippen LogP contribution in [-0.2, 0) is 0 Å². The van der Waals surface area contributed by atoms with E-state index in [-0.39, 0.29) is 0 Å². The molecule has 3 aromatic rings. The fourth-order valence-electron chi connectivity index (χ4n) is 4.24. The van der Waals surface area contributed by atoms with Gasteiger partial charge in [0, 0.05) is 26.0 Å². The van der Waals surface area contributed by atoms with Gasteiger partial charge in [-0.3, -0.25) is 4.99 Å². The first-order valence-corrected chi connectivity index (χ1v) is 14.4. The molecule has 0 atom stereocenters. The number of nitrogens with zero attached hydrogens (tertiary/aromatic N) is 2. The summed E-state index contributed by atoms with van der Waals surface area (Å²) in [5.74, 6) is 0.884. The summed E-state index contributed by atoms with van der Waals surface area (Å²) < 4.78 is 11.4. The third-order valence-corrected chi connectivity index (χ3v) is 6.68. The molecule has 5 nitrogen and oxygen atoms in total. The number of unbranched alkanes of at least 4 members (excludes halogenated alkanes) is 9. The second-order valence-electron chi connectivity index (χ2n) is 10.2. The number of anilines is 1. The quantitative estimate of drug-likeness (QED) is 0.0759. The summed E-state index contributed by atoms with van der Waals surface area (Å²) in [5, 5.41) is 0. The van der Waals surface area contributed by atoms with E-state index in [0.717, 1.165) is 29.1 Å². The smallest absolute Gasteiger partial charge is 0.343 e. The molecule has 0 N–H and O–H groups in total. The summed E-state index contributed by atoms with van der Waals surface area (Å²) >= 11 is 0. The van der Waals surface area contributed by atoms with Crippen molar-refractivity contribution in [1.82, 2.24) is 0 Å². The van der Waals surface area contributed by atoms with E-state index >= 15 is 0 Å². The first-order chi connectivity index (χ1) is 19.0. The van der Waals surface area contributed by atoms with E-state index in [0.29, 0.717) is 17.9 Å². The Hall–Kier alpha value is -3.60. The van der Waals surface area contributed by atoms with Gasteiger partial charge in [0.15, 0.2) is 0 Å². The lowest BCUT2D eigenvalue weighted by atomic mass is 10.1. The van der Waals surface area contributed by atoms with E-state index in [9.17, 15) is 4.79 Å². The minimum absolute atomic E-state index is 0.390. The Bertz CT molecular complexity index is 1120. The Balaban J connectivity index is 1.34. The van der Waals surface area contributed by atoms with Crippen molar-refractivity contribution in [3.05, 3.63) is 83.9 Å². The Morgan fingerprint density at radius 2 is 1.28 bits per heavy atom. The van der Waals surface area contributed by atoms with Crippen LogP contribution in [-0.4, -0.2) is 32.9 Å². The fraction of sp³-hybridized carbons (Fsp3) is 0.412. The van der Waals surface area contributed by atoms with Crippen LogP contribution in [0.1, 0.15) is 87.1 Å². The SMILES string of the molecule is CCCCCCCCCCCCOc1ccc(C(=O)Oc2ccc(C=Nc3ccc(N(C)C)cc3)cc2)cc1. The monoisotopic (exact) mass is 528 g/mol. The van der Waals surface area contributed by atoms with Crippen molar-refractivity contribution in [3.8, 4) is 11.5 Å². The molecule has 208 valence electrons. The van der Waals surface area contributed by atoms with Crippen LogP contribution in [0.2, 0.25) is 0 Å². The summed E-state index contributed by atoms with van der Waals surface area (Å²) in [6.07, 6.45) is 14.8.